The summed E-state index contributed by atoms with van der Waals surface area (Å²) >= 11 is 0. The van der Waals surface area contributed by atoms with Crippen LogP contribution in [0.15, 0.2) is 12.7 Å². The van der Waals surface area contributed by atoms with Gasteiger partial charge in [0.1, 0.15) is 6.17 Å². The average Bonchev–Trinajstić information content (AvgIpc) is 1.85. The number of hydrogen-bond acceptors (Lipinski definition) is 0. The SMILES string of the molecule is C=CC1CC(C)CC(F)C1. The second-order valence-corrected chi connectivity index (χ2v) is 3.41. The Balaban J connectivity index is 2.42. The summed E-state index contributed by atoms with van der Waals surface area (Å²) in [5.41, 5.74) is 0. The molecule has 0 heterocycles. The summed E-state index contributed by atoms with van der Waals surface area (Å²) in [4.78, 5) is 0. The molecule has 0 radical (unpaired) electrons. The van der Waals surface area contributed by atoms with Crippen LogP contribution >= 0.6 is 0 Å². The van der Waals surface area contributed by atoms with Gasteiger partial charge in [-0.1, -0.05) is 13.0 Å². The van der Waals surface area contributed by atoms with Crippen molar-refractivity contribution in [3.8, 4) is 0 Å². The second kappa shape index (κ2) is 3.18. The zero-order valence-electron chi connectivity index (χ0n) is 6.52. The molecule has 0 N–H and O–H groups in total. The quantitative estimate of drug-likeness (QED) is 0.494. The summed E-state index contributed by atoms with van der Waals surface area (Å²) in [6.45, 7) is 5.80. The van der Waals surface area contributed by atoms with Gasteiger partial charge in [0.15, 0.2) is 0 Å². The van der Waals surface area contributed by atoms with Gasteiger partial charge in [-0.2, -0.15) is 0 Å². The molecule has 0 spiro atoms. The molecule has 0 amide bonds. The molecule has 0 aromatic heterocycles. The smallest absolute Gasteiger partial charge is 0.101 e. The molecule has 1 rings (SSSR count). The fraction of sp³-hybridized carbons (Fsp3) is 0.778. The van der Waals surface area contributed by atoms with Crippen molar-refractivity contribution in [1.82, 2.24) is 0 Å². The van der Waals surface area contributed by atoms with Gasteiger partial charge >= 0.3 is 0 Å². The molecule has 0 saturated heterocycles. The van der Waals surface area contributed by atoms with Crippen LogP contribution in [0.5, 0.6) is 0 Å². The third kappa shape index (κ3) is 1.83. The highest BCUT2D eigenvalue weighted by molar-refractivity contribution is 4.86. The molecule has 0 aromatic rings. The van der Waals surface area contributed by atoms with Crippen LogP contribution in [0.4, 0.5) is 4.39 Å². The van der Waals surface area contributed by atoms with Crippen molar-refractivity contribution < 1.29 is 4.39 Å². The highest BCUT2D eigenvalue weighted by Gasteiger charge is 2.23. The van der Waals surface area contributed by atoms with Gasteiger partial charge in [-0.05, 0) is 31.1 Å². The lowest BCUT2D eigenvalue weighted by Gasteiger charge is -2.26. The Morgan fingerprint density at radius 2 is 2.10 bits per heavy atom. The zero-order chi connectivity index (χ0) is 7.56. The van der Waals surface area contributed by atoms with Crippen molar-refractivity contribution in [2.24, 2.45) is 11.8 Å². The van der Waals surface area contributed by atoms with Crippen LogP contribution in [0.2, 0.25) is 0 Å². The van der Waals surface area contributed by atoms with Gasteiger partial charge in [-0.25, -0.2) is 4.39 Å². The minimum atomic E-state index is -0.577. The summed E-state index contributed by atoms with van der Waals surface area (Å²) in [6, 6.07) is 0. The minimum Gasteiger partial charge on any atom is -0.247 e. The molecule has 0 aromatic carbocycles. The molecular weight excluding hydrogens is 127 g/mol. The Labute approximate surface area is 62.1 Å². The van der Waals surface area contributed by atoms with Crippen molar-refractivity contribution in [2.45, 2.75) is 32.4 Å². The van der Waals surface area contributed by atoms with E-state index < -0.39 is 6.17 Å². The molecule has 1 aliphatic rings. The fourth-order valence-corrected chi connectivity index (χ4v) is 1.76. The van der Waals surface area contributed by atoms with E-state index in [0.717, 1.165) is 12.8 Å². The summed E-state index contributed by atoms with van der Waals surface area (Å²) in [5, 5.41) is 0. The molecule has 1 fully saturated rings. The maximum absolute atomic E-state index is 12.8. The number of alkyl halides is 1. The normalized spacial score (nSPS) is 41.2. The van der Waals surface area contributed by atoms with Crippen LogP contribution in [0.3, 0.4) is 0 Å². The molecule has 1 saturated carbocycles. The van der Waals surface area contributed by atoms with E-state index in [1.165, 1.54) is 0 Å². The van der Waals surface area contributed by atoms with Crippen molar-refractivity contribution in [3.05, 3.63) is 12.7 Å². The van der Waals surface area contributed by atoms with Crippen LogP contribution in [-0.2, 0) is 0 Å². The van der Waals surface area contributed by atoms with Gasteiger partial charge in [0.2, 0.25) is 0 Å². The van der Waals surface area contributed by atoms with E-state index in [1.807, 2.05) is 6.08 Å². The molecule has 1 aliphatic carbocycles. The maximum atomic E-state index is 12.8. The molecule has 0 bridgehead atoms. The van der Waals surface area contributed by atoms with E-state index in [9.17, 15) is 4.39 Å². The molecule has 0 nitrogen and oxygen atoms in total. The van der Waals surface area contributed by atoms with Gasteiger partial charge in [0.05, 0.1) is 0 Å². The Hall–Kier alpha value is -0.330. The largest absolute Gasteiger partial charge is 0.247 e. The molecule has 1 heteroatoms. The van der Waals surface area contributed by atoms with E-state index in [-0.39, 0.29) is 0 Å². The standard InChI is InChI=1S/C9H15F/c1-3-8-4-7(2)5-9(10)6-8/h3,7-9H,1,4-6H2,2H3. The first-order chi connectivity index (χ1) is 4.72. The number of allylic oxidation sites excluding steroid dienone is 1. The van der Waals surface area contributed by atoms with Crippen LogP contribution < -0.4 is 0 Å². The van der Waals surface area contributed by atoms with E-state index in [4.69, 9.17) is 0 Å². The van der Waals surface area contributed by atoms with Gasteiger partial charge < -0.3 is 0 Å². The zero-order valence-corrected chi connectivity index (χ0v) is 6.52. The summed E-state index contributed by atoms with van der Waals surface area (Å²) < 4.78 is 12.8. The predicted octanol–water partition coefficient (Wildman–Crippen LogP) is 2.95. The van der Waals surface area contributed by atoms with Crippen molar-refractivity contribution in [1.29, 1.82) is 0 Å². The number of hydrogen-bond donors (Lipinski definition) is 0. The van der Waals surface area contributed by atoms with E-state index in [2.05, 4.69) is 13.5 Å². The Morgan fingerprint density at radius 3 is 2.60 bits per heavy atom. The van der Waals surface area contributed by atoms with Gasteiger partial charge in [-0.15, -0.1) is 6.58 Å². The summed E-state index contributed by atoms with van der Waals surface area (Å²) in [6.07, 6.45) is 3.90. The first-order valence-electron chi connectivity index (χ1n) is 3.99. The monoisotopic (exact) mass is 142 g/mol. The second-order valence-electron chi connectivity index (χ2n) is 3.41. The van der Waals surface area contributed by atoms with E-state index in [1.54, 1.807) is 0 Å². The van der Waals surface area contributed by atoms with Crippen LogP contribution in [0, 0.1) is 11.8 Å². The summed E-state index contributed by atoms with van der Waals surface area (Å²) in [5.74, 6) is 0.977. The lowest BCUT2D eigenvalue weighted by Crippen LogP contribution is -2.20. The predicted molar refractivity (Wildman–Crippen MR) is 41.6 cm³/mol. The van der Waals surface area contributed by atoms with Gasteiger partial charge in [0, 0.05) is 0 Å². The number of rotatable bonds is 1. The minimum absolute atomic E-state index is 0.429. The first-order valence-corrected chi connectivity index (χ1v) is 3.99. The topological polar surface area (TPSA) is 0 Å². The van der Waals surface area contributed by atoms with Crippen LogP contribution in [0.1, 0.15) is 26.2 Å². The molecular formula is C9H15F. The Kier molecular flexibility index (Phi) is 2.47. The van der Waals surface area contributed by atoms with E-state index in [0.29, 0.717) is 18.3 Å². The van der Waals surface area contributed by atoms with Gasteiger partial charge in [-0.3, -0.25) is 0 Å². The van der Waals surface area contributed by atoms with Crippen molar-refractivity contribution >= 4 is 0 Å². The average molecular weight is 142 g/mol. The molecule has 10 heavy (non-hydrogen) atoms. The lowest BCUT2D eigenvalue weighted by molar-refractivity contribution is 0.177. The third-order valence-corrected chi connectivity index (χ3v) is 2.26. The fourth-order valence-electron chi connectivity index (χ4n) is 1.76. The van der Waals surface area contributed by atoms with Crippen molar-refractivity contribution in [3.63, 3.8) is 0 Å². The Bertz CT molecular complexity index is 110. The highest BCUT2D eigenvalue weighted by Crippen LogP contribution is 2.30. The van der Waals surface area contributed by atoms with Crippen LogP contribution in [-0.4, -0.2) is 6.17 Å². The Morgan fingerprint density at radius 1 is 1.40 bits per heavy atom. The molecule has 3 atom stereocenters. The summed E-state index contributed by atoms with van der Waals surface area (Å²) in [7, 11) is 0. The van der Waals surface area contributed by atoms with Crippen molar-refractivity contribution in [2.75, 3.05) is 0 Å². The van der Waals surface area contributed by atoms with Gasteiger partial charge in [0.25, 0.3) is 0 Å². The molecule has 3 unspecified atom stereocenters. The highest BCUT2D eigenvalue weighted by atomic mass is 19.1. The third-order valence-electron chi connectivity index (χ3n) is 2.26. The lowest BCUT2D eigenvalue weighted by atomic mass is 9.81. The number of halogens is 1. The van der Waals surface area contributed by atoms with Crippen LogP contribution in [0.25, 0.3) is 0 Å². The van der Waals surface area contributed by atoms with E-state index >= 15 is 0 Å². The maximum Gasteiger partial charge on any atom is 0.101 e. The molecule has 0 aliphatic heterocycles. The first kappa shape index (κ1) is 7.77. The molecule has 58 valence electrons.